The summed E-state index contributed by atoms with van der Waals surface area (Å²) in [6, 6.07) is 15.0. The number of amides is 1. The number of Topliss-reactive ketones (excluding diaryl/α,β-unsaturated/α-hetero) is 1. The van der Waals surface area contributed by atoms with Gasteiger partial charge in [0, 0.05) is 45.0 Å². The van der Waals surface area contributed by atoms with Crippen LogP contribution in [0.25, 0.3) is 0 Å². The SMILES string of the molecule is CC(=O)c1ccc(OCC(=O)N(Cc2ccc(N(C)C)cc2)C[C@H]2CCCO2)cc1. The predicted molar refractivity (Wildman–Crippen MR) is 117 cm³/mol. The van der Waals surface area contributed by atoms with E-state index in [2.05, 4.69) is 12.1 Å². The number of rotatable bonds is 9. The van der Waals surface area contributed by atoms with Gasteiger partial charge in [-0.3, -0.25) is 9.59 Å². The van der Waals surface area contributed by atoms with Crippen LogP contribution in [-0.4, -0.2) is 56.5 Å². The standard InChI is InChI=1S/C24H30N2O4/c1-18(27)20-8-12-22(13-9-20)30-17-24(28)26(16-23-5-4-14-29-23)15-19-6-10-21(11-7-19)25(2)3/h6-13,23H,4-5,14-17H2,1-3H3/t23-/m1/s1. The summed E-state index contributed by atoms with van der Waals surface area (Å²) in [5.74, 6) is 0.485. The highest BCUT2D eigenvalue weighted by molar-refractivity contribution is 5.94. The second kappa shape index (κ2) is 10.3. The van der Waals surface area contributed by atoms with Crippen LogP contribution in [0.3, 0.4) is 0 Å². The van der Waals surface area contributed by atoms with Crippen LogP contribution in [0, 0.1) is 0 Å². The van der Waals surface area contributed by atoms with E-state index in [-0.39, 0.29) is 24.4 Å². The zero-order valence-corrected chi connectivity index (χ0v) is 18.0. The Morgan fingerprint density at radius 3 is 2.33 bits per heavy atom. The van der Waals surface area contributed by atoms with E-state index in [1.807, 2.05) is 36.0 Å². The molecular weight excluding hydrogens is 380 g/mol. The molecule has 0 aliphatic carbocycles. The number of benzene rings is 2. The third kappa shape index (κ3) is 6.07. The van der Waals surface area contributed by atoms with Crippen molar-refractivity contribution < 1.29 is 19.1 Å². The van der Waals surface area contributed by atoms with Crippen molar-refractivity contribution >= 4 is 17.4 Å². The summed E-state index contributed by atoms with van der Waals surface area (Å²) in [6.45, 7) is 3.29. The molecule has 160 valence electrons. The van der Waals surface area contributed by atoms with E-state index < -0.39 is 0 Å². The van der Waals surface area contributed by atoms with Crippen LogP contribution in [0.4, 0.5) is 5.69 Å². The zero-order chi connectivity index (χ0) is 21.5. The van der Waals surface area contributed by atoms with Crippen molar-refractivity contribution in [2.45, 2.75) is 32.4 Å². The number of ketones is 1. The van der Waals surface area contributed by atoms with E-state index in [9.17, 15) is 9.59 Å². The molecule has 1 amide bonds. The van der Waals surface area contributed by atoms with Gasteiger partial charge in [0.25, 0.3) is 5.91 Å². The molecule has 3 rings (SSSR count). The molecule has 6 nitrogen and oxygen atoms in total. The average Bonchev–Trinajstić information content (AvgIpc) is 3.25. The van der Waals surface area contributed by atoms with Gasteiger partial charge < -0.3 is 19.3 Å². The molecule has 1 aliphatic rings. The van der Waals surface area contributed by atoms with Crippen molar-refractivity contribution in [3.63, 3.8) is 0 Å². The Morgan fingerprint density at radius 2 is 1.77 bits per heavy atom. The summed E-state index contributed by atoms with van der Waals surface area (Å²) in [5.41, 5.74) is 2.81. The molecule has 6 heteroatoms. The van der Waals surface area contributed by atoms with Crippen molar-refractivity contribution in [2.24, 2.45) is 0 Å². The van der Waals surface area contributed by atoms with Gasteiger partial charge in [0.1, 0.15) is 5.75 Å². The van der Waals surface area contributed by atoms with Crippen LogP contribution in [0.15, 0.2) is 48.5 Å². The summed E-state index contributed by atoms with van der Waals surface area (Å²) in [6.07, 6.45) is 2.07. The number of hydrogen-bond acceptors (Lipinski definition) is 5. The Morgan fingerprint density at radius 1 is 1.07 bits per heavy atom. The van der Waals surface area contributed by atoms with Gasteiger partial charge >= 0.3 is 0 Å². The summed E-state index contributed by atoms with van der Waals surface area (Å²) < 4.78 is 11.4. The fourth-order valence-electron chi connectivity index (χ4n) is 3.43. The highest BCUT2D eigenvalue weighted by atomic mass is 16.5. The lowest BCUT2D eigenvalue weighted by Gasteiger charge is -2.26. The summed E-state index contributed by atoms with van der Waals surface area (Å²) >= 11 is 0. The molecule has 0 aromatic heterocycles. The minimum Gasteiger partial charge on any atom is -0.484 e. The normalized spacial score (nSPS) is 15.6. The molecule has 0 N–H and O–H groups in total. The van der Waals surface area contributed by atoms with Crippen LogP contribution in [0.5, 0.6) is 5.75 Å². The third-order valence-corrected chi connectivity index (χ3v) is 5.25. The molecule has 0 saturated carbocycles. The van der Waals surface area contributed by atoms with Crippen molar-refractivity contribution in [1.29, 1.82) is 0 Å². The Hall–Kier alpha value is -2.86. The van der Waals surface area contributed by atoms with Gasteiger partial charge in [-0.2, -0.15) is 0 Å². The lowest BCUT2D eigenvalue weighted by Crippen LogP contribution is -2.39. The first-order valence-corrected chi connectivity index (χ1v) is 10.3. The smallest absolute Gasteiger partial charge is 0.260 e. The maximum atomic E-state index is 12.9. The van der Waals surface area contributed by atoms with Crippen LogP contribution >= 0.6 is 0 Å². The van der Waals surface area contributed by atoms with E-state index in [0.29, 0.717) is 24.4 Å². The van der Waals surface area contributed by atoms with E-state index in [1.165, 1.54) is 6.92 Å². The van der Waals surface area contributed by atoms with Crippen molar-refractivity contribution in [3.8, 4) is 5.75 Å². The van der Waals surface area contributed by atoms with E-state index in [0.717, 1.165) is 30.7 Å². The molecule has 2 aromatic rings. The van der Waals surface area contributed by atoms with Gasteiger partial charge in [0.2, 0.25) is 0 Å². The summed E-state index contributed by atoms with van der Waals surface area (Å²) in [7, 11) is 4.01. The number of nitrogens with zero attached hydrogens (tertiary/aromatic N) is 2. The summed E-state index contributed by atoms with van der Waals surface area (Å²) in [4.78, 5) is 28.2. The highest BCUT2D eigenvalue weighted by Crippen LogP contribution is 2.18. The molecule has 1 saturated heterocycles. The quantitative estimate of drug-likeness (QED) is 0.592. The topological polar surface area (TPSA) is 59.1 Å². The van der Waals surface area contributed by atoms with Gasteiger partial charge in [-0.15, -0.1) is 0 Å². The van der Waals surface area contributed by atoms with Gasteiger partial charge in [-0.25, -0.2) is 0 Å². The van der Waals surface area contributed by atoms with Crippen LogP contribution in [-0.2, 0) is 16.1 Å². The molecule has 1 aliphatic heterocycles. The van der Waals surface area contributed by atoms with E-state index >= 15 is 0 Å². The van der Waals surface area contributed by atoms with Crippen molar-refractivity contribution in [3.05, 3.63) is 59.7 Å². The number of carbonyl (C=O) groups excluding carboxylic acids is 2. The molecule has 0 spiro atoms. The monoisotopic (exact) mass is 410 g/mol. The first kappa shape index (κ1) is 21.8. The van der Waals surface area contributed by atoms with Gasteiger partial charge in [-0.05, 0) is 61.7 Å². The molecule has 0 unspecified atom stereocenters. The Balaban J connectivity index is 1.64. The lowest BCUT2D eigenvalue weighted by atomic mass is 10.1. The fourth-order valence-corrected chi connectivity index (χ4v) is 3.43. The molecule has 1 atom stereocenters. The Bertz CT molecular complexity index is 841. The second-order valence-corrected chi connectivity index (χ2v) is 7.84. The maximum Gasteiger partial charge on any atom is 0.260 e. The molecule has 1 heterocycles. The van der Waals surface area contributed by atoms with Crippen molar-refractivity contribution in [1.82, 2.24) is 4.90 Å². The van der Waals surface area contributed by atoms with E-state index in [1.54, 1.807) is 24.3 Å². The van der Waals surface area contributed by atoms with Gasteiger partial charge in [0.15, 0.2) is 12.4 Å². The largest absolute Gasteiger partial charge is 0.484 e. The number of anilines is 1. The zero-order valence-electron chi connectivity index (χ0n) is 18.0. The molecule has 30 heavy (non-hydrogen) atoms. The number of hydrogen-bond donors (Lipinski definition) is 0. The molecule has 0 bridgehead atoms. The first-order chi connectivity index (χ1) is 14.4. The minimum absolute atomic E-state index is 0.000602. The first-order valence-electron chi connectivity index (χ1n) is 10.3. The summed E-state index contributed by atoms with van der Waals surface area (Å²) in [5, 5.41) is 0. The minimum atomic E-state index is -0.0853. The van der Waals surface area contributed by atoms with Crippen LogP contribution in [0.2, 0.25) is 0 Å². The molecular formula is C24H30N2O4. The van der Waals surface area contributed by atoms with Crippen LogP contribution in [0.1, 0.15) is 35.7 Å². The Kier molecular flexibility index (Phi) is 7.46. The fraction of sp³-hybridized carbons (Fsp3) is 0.417. The number of ether oxygens (including phenoxy) is 2. The number of carbonyl (C=O) groups is 2. The molecule has 2 aromatic carbocycles. The average molecular weight is 411 g/mol. The highest BCUT2D eigenvalue weighted by Gasteiger charge is 2.23. The molecule has 1 fully saturated rings. The van der Waals surface area contributed by atoms with Crippen LogP contribution < -0.4 is 9.64 Å². The predicted octanol–water partition coefficient (Wildman–Crippen LogP) is 3.54. The second-order valence-electron chi connectivity index (χ2n) is 7.84. The van der Waals surface area contributed by atoms with Crippen molar-refractivity contribution in [2.75, 3.05) is 38.8 Å². The van der Waals surface area contributed by atoms with E-state index in [4.69, 9.17) is 9.47 Å². The maximum absolute atomic E-state index is 12.9. The van der Waals surface area contributed by atoms with Gasteiger partial charge in [-0.1, -0.05) is 12.1 Å². The Labute approximate surface area is 178 Å². The molecule has 0 radical (unpaired) electrons. The van der Waals surface area contributed by atoms with Gasteiger partial charge in [0.05, 0.1) is 6.10 Å². The third-order valence-electron chi connectivity index (χ3n) is 5.25. The lowest BCUT2D eigenvalue weighted by molar-refractivity contribution is -0.135.